The Morgan fingerprint density at radius 1 is 1.25 bits per heavy atom. The van der Waals surface area contributed by atoms with Gasteiger partial charge in [-0.2, -0.15) is 0 Å². The molecule has 0 aromatic heterocycles. The Balaban J connectivity index is 1.63. The highest BCUT2D eigenvalue weighted by atomic mass is 19.1. The van der Waals surface area contributed by atoms with Crippen molar-refractivity contribution in [2.24, 2.45) is 10.9 Å². The highest BCUT2D eigenvalue weighted by Crippen LogP contribution is 2.27. The molecule has 0 bridgehead atoms. The van der Waals surface area contributed by atoms with E-state index in [4.69, 9.17) is 4.74 Å². The van der Waals surface area contributed by atoms with E-state index < -0.39 is 0 Å². The summed E-state index contributed by atoms with van der Waals surface area (Å²) in [6.45, 7) is 4.97. The van der Waals surface area contributed by atoms with Crippen LogP contribution in [0.1, 0.15) is 24.4 Å². The van der Waals surface area contributed by atoms with Gasteiger partial charge in [0.1, 0.15) is 5.82 Å². The highest BCUT2D eigenvalue weighted by molar-refractivity contribution is 5.79. The average molecular weight is 334 g/mol. The molecule has 2 fully saturated rings. The number of halogens is 1. The predicted octanol–water partition coefficient (Wildman–Crippen LogP) is 1.77. The Morgan fingerprint density at radius 2 is 1.96 bits per heavy atom. The number of hydrogen-bond donors (Lipinski definition) is 2. The molecule has 1 saturated heterocycles. The van der Waals surface area contributed by atoms with Crippen LogP contribution in [0.2, 0.25) is 0 Å². The molecule has 6 heteroatoms. The second-order valence-corrected chi connectivity index (χ2v) is 6.49. The molecule has 132 valence electrons. The summed E-state index contributed by atoms with van der Waals surface area (Å²) in [5, 5.41) is 6.81. The topological polar surface area (TPSA) is 48.9 Å². The van der Waals surface area contributed by atoms with Crippen molar-refractivity contribution in [2.45, 2.75) is 18.9 Å². The van der Waals surface area contributed by atoms with Crippen LogP contribution in [0.3, 0.4) is 0 Å². The fourth-order valence-corrected chi connectivity index (χ4v) is 3.01. The number of aliphatic imine (C=N–C) groups is 1. The molecular formula is C18H27FN4O. The molecular weight excluding hydrogens is 307 g/mol. The SMILES string of the molecule is CN=C(NCC1CC1)NCC(c1ccc(F)cc1)N1CCOCC1. The molecule has 1 aromatic rings. The molecule has 0 radical (unpaired) electrons. The zero-order valence-corrected chi connectivity index (χ0v) is 14.3. The van der Waals surface area contributed by atoms with Gasteiger partial charge in [0.15, 0.2) is 5.96 Å². The van der Waals surface area contributed by atoms with E-state index in [0.29, 0.717) is 0 Å². The minimum atomic E-state index is -0.200. The van der Waals surface area contributed by atoms with E-state index in [2.05, 4.69) is 20.5 Å². The van der Waals surface area contributed by atoms with Gasteiger partial charge in [-0.25, -0.2) is 4.39 Å². The standard InChI is InChI=1S/C18H27FN4O/c1-20-18(21-12-14-2-3-14)22-13-17(23-8-10-24-11-9-23)15-4-6-16(19)7-5-15/h4-7,14,17H,2-3,8-13H2,1H3,(H2,20,21,22). The number of nitrogens with zero attached hydrogens (tertiary/aromatic N) is 2. The van der Waals surface area contributed by atoms with Crippen molar-refractivity contribution in [2.75, 3.05) is 46.4 Å². The maximum atomic E-state index is 13.3. The van der Waals surface area contributed by atoms with Gasteiger partial charge in [0.25, 0.3) is 0 Å². The average Bonchev–Trinajstić information content (AvgIpc) is 3.44. The molecule has 24 heavy (non-hydrogen) atoms. The van der Waals surface area contributed by atoms with Crippen LogP contribution in [0.4, 0.5) is 4.39 Å². The van der Waals surface area contributed by atoms with Crippen molar-refractivity contribution < 1.29 is 9.13 Å². The normalized spacial score (nSPS) is 20.7. The fourth-order valence-electron chi connectivity index (χ4n) is 3.01. The first-order chi connectivity index (χ1) is 11.8. The summed E-state index contributed by atoms with van der Waals surface area (Å²) >= 11 is 0. The summed E-state index contributed by atoms with van der Waals surface area (Å²) in [5.41, 5.74) is 1.11. The van der Waals surface area contributed by atoms with E-state index in [9.17, 15) is 4.39 Å². The van der Waals surface area contributed by atoms with Crippen LogP contribution in [0.5, 0.6) is 0 Å². The number of guanidine groups is 1. The minimum absolute atomic E-state index is 0.175. The number of hydrogen-bond acceptors (Lipinski definition) is 3. The van der Waals surface area contributed by atoms with Crippen molar-refractivity contribution in [1.82, 2.24) is 15.5 Å². The van der Waals surface area contributed by atoms with E-state index in [1.54, 1.807) is 7.05 Å². The van der Waals surface area contributed by atoms with Crippen LogP contribution in [0.15, 0.2) is 29.3 Å². The van der Waals surface area contributed by atoms with Crippen molar-refractivity contribution in [3.05, 3.63) is 35.6 Å². The van der Waals surface area contributed by atoms with Crippen molar-refractivity contribution in [3.63, 3.8) is 0 Å². The van der Waals surface area contributed by atoms with Crippen LogP contribution < -0.4 is 10.6 Å². The number of morpholine rings is 1. The molecule has 1 aliphatic heterocycles. The number of benzene rings is 1. The van der Waals surface area contributed by atoms with Gasteiger partial charge >= 0.3 is 0 Å². The zero-order valence-electron chi connectivity index (χ0n) is 14.3. The van der Waals surface area contributed by atoms with Crippen molar-refractivity contribution in [3.8, 4) is 0 Å². The maximum Gasteiger partial charge on any atom is 0.191 e. The summed E-state index contributed by atoms with van der Waals surface area (Å²) in [6.07, 6.45) is 2.63. The van der Waals surface area contributed by atoms with Gasteiger partial charge in [-0.3, -0.25) is 9.89 Å². The van der Waals surface area contributed by atoms with Gasteiger partial charge in [0, 0.05) is 33.2 Å². The first-order valence-electron chi connectivity index (χ1n) is 8.78. The molecule has 1 heterocycles. The van der Waals surface area contributed by atoms with Gasteiger partial charge < -0.3 is 15.4 Å². The smallest absolute Gasteiger partial charge is 0.191 e. The first-order valence-corrected chi connectivity index (χ1v) is 8.78. The Labute approximate surface area is 143 Å². The molecule has 0 spiro atoms. The third-order valence-electron chi connectivity index (χ3n) is 4.68. The Kier molecular flexibility index (Phi) is 6.04. The van der Waals surface area contributed by atoms with Gasteiger partial charge in [-0.05, 0) is 36.5 Å². The van der Waals surface area contributed by atoms with Crippen LogP contribution in [-0.2, 0) is 4.74 Å². The largest absolute Gasteiger partial charge is 0.379 e. The Hall–Kier alpha value is -1.66. The number of nitrogens with one attached hydrogen (secondary N) is 2. The number of ether oxygens (including phenoxy) is 1. The van der Waals surface area contributed by atoms with Gasteiger partial charge in [-0.1, -0.05) is 12.1 Å². The van der Waals surface area contributed by atoms with Crippen LogP contribution in [0, 0.1) is 11.7 Å². The summed E-state index contributed by atoms with van der Waals surface area (Å²) in [7, 11) is 1.80. The summed E-state index contributed by atoms with van der Waals surface area (Å²) in [6, 6.07) is 6.98. The molecule has 0 amide bonds. The fraction of sp³-hybridized carbons (Fsp3) is 0.611. The quantitative estimate of drug-likeness (QED) is 0.615. The van der Waals surface area contributed by atoms with E-state index in [1.165, 1.54) is 25.0 Å². The second-order valence-electron chi connectivity index (χ2n) is 6.49. The molecule has 2 aliphatic rings. The van der Waals surface area contributed by atoms with Gasteiger partial charge in [0.05, 0.1) is 19.3 Å². The molecule has 3 rings (SSSR count). The molecule has 1 atom stereocenters. The van der Waals surface area contributed by atoms with Gasteiger partial charge in [-0.15, -0.1) is 0 Å². The minimum Gasteiger partial charge on any atom is -0.379 e. The van der Waals surface area contributed by atoms with Crippen molar-refractivity contribution in [1.29, 1.82) is 0 Å². The Bertz CT molecular complexity index is 538. The summed E-state index contributed by atoms with van der Waals surface area (Å²) < 4.78 is 18.7. The zero-order chi connectivity index (χ0) is 16.8. The molecule has 1 aromatic carbocycles. The van der Waals surface area contributed by atoms with Crippen LogP contribution >= 0.6 is 0 Å². The van der Waals surface area contributed by atoms with E-state index in [1.807, 2.05) is 12.1 Å². The molecule has 1 saturated carbocycles. The first kappa shape index (κ1) is 17.2. The molecule has 2 N–H and O–H groups in total. The summed E-state index contributed by atoms with van der Waals surface area (Å²) in [4.78, 5) is 6.69. The lowest BCUT2D eigenvalue weighted by Crippen LogP contribution is -2.46. The van der Waals surface area contributed by atoms with Crippen LogP contribution in [0.25, 0.3) is 0 Å². The predicted molar refractivity (Wildman–Crippen MR) is 93.6 cm³/mol. The second kappa shape index (κ2) is 8.44. The number of rotatable bonds is 6. The third-order valence-corrected chi connectivity index (χ3v) is 4.68. The lowest BCUT2D eigenvalue weighted by molar-refractivity contribution is 0.0170. The maximum absolute atomic E-state index is 13.3. The highest BCUT2D eigenvalue weighted by Gasteiger charge is 2.24. The van der Waals surface area contributed by atoms with E-state index >= 15 is 0 Å². The van der Waals surface area contributed by atoms with E-state index in [0.717, 1.165) is 56.8 Å². The molecule has 5 nitrogen and oxygen atoms in total. The summed E-state index contributed by atoms with van der Waals surface area (Å²) in [5.74, 6) is 1.44. The molecule has 1 unspecified atom stereocenters. The Morgan fingerprint density at radius 3 is 2.58 bits per heavy atom. The van der Waals surface area contributed by atoms with Crippen molar-refractivity contribution >= 4 is 5.96 Å². The van der Waals surface area contributed by atoms with E-state index in [-0.39, 0.29) is 11.9 Å². The van der Waals surface area contributed by atoms with Gasteiger partial charge in [0.2, 0.25) is 0 Å². The monoisotopic (exact) mass is 334 g/mol. The molecule has 1 aliphatic carbocycles. The van der Waals surface area contributed by atoms with Crippen LogP contribution in [-0.4, -0.2) is 57.3 Å². The lowest BCUT2D eigenvalue weighted by Gasteiger charge is -2.35. The lowest BCUT2D eigenvalue weighted by atomic mass is 10.0. The third kappa shape index (κ3) is 4.92.